The Morgan fingerprint density at radius 1 is 0.707 bits per heavy atom. The van der Waals surface area contributed by atoms with E-state index in [0.29, 0.717) is 24.7 Å². The van der Waals surface area contributed by atoms with Gasteiger partial charge in [0.1, 0.15) is 6.54 Å². The third-order valence-electron chi connectivity index (χ3n) is 7.50. The van der Waals surface area contributed by atoms with Gasteiger partial charge in [-0.2, -0.15) is 4.31 Å². The van der Waals surface area contributed by atoms with Gasteiger partial charge in [-0.15, -0.1) is 0 Å². The Balaban J connectivity index is 0.00000840. The third kappa shape index (κ3) is 16.1. The Bertz CT molecular complexity index is 1050. The number of hydrogen-bond donors (Lipinski definition) is 0. The fourth-order valence-electron chi connectivity index (χ4n) is 4.91. The fraction of sp³-hybridized carbons (Fsp3) is 0.667. The van der Waals surface area contributed by atoms with Crippen molar-refractivity contribution in [1.82, 2.24) is 4.31 Å². The number of pyridine rings is 1. The largest absolute Gasteiger partial charge is 1.00 e. The Morgan fingerprint density at radius 2 is 1.22 bits per heavy atom. The van der Waals surface area contributed by atoms with Crippen molar-refractivity contribution in [1.29, 1.82) is 0 Å². The number of unbranched alkanes of at least 4 members (excludes halogenated alkanes) is 13. The smallest absolute Gasteiger partial charge is 0.211 e. The van der Waals surface area contributed by atoms with E-state index >= 15 is 0 Å². The van der Waals surface area contributed by atoms with Crippen molar-refractivity contribution in [3.05, 3.63) is 53.9 Å². The minimum absolute atomic E-state index is 0. The molecule has 41 heavy (non-hydrogen) atoms. The van der Waals surface area contributed by atoms with Crippen LogP contribution in [0.4, 0.5) is 0 Å². The lowest BCUT2D eigenvalue weighted by molar-refractivity contribution is -0.693. The van der Waals surface area contributed by atoms with Crippen molar-refractivity contribution in [3.63, 3.8) is 0 Å². The predicted octanol–water partition coefficient (Wildman–Crippen LogP) is 4.83. The molecule has 0 fully saturated rings. The van der Waals surface area contributed by atoms with E-state index in [1.54, 1.807) is 7.11 Å². The molecule has 0 saturated carbocycles. The molecular formula is C33H55IN2O4S. The summed E-state index contributed by atoms with van der Waals surface area (Å²) in [5.74, 6) is 1.35. The highest BCUT2D eigenvalue weighted by atomic mass is 127. The molecule has 1 aromatic heterocycles. The van der Waals surface area contributed by atoms with E-state index in [1.807, 2.05) is 42.7 Å². The molecular weight excluding hydrogens is 647 g/mol. The van der Waals surface area contributed by atoms with Crippen LogP contribution in [0.3, 0.4) is 0 Å². The Kier molecular flexibility index (Phi) is 20.4. The molecule has 0 radical (unpaired) electrons. The normalized spacial score (nSPS) is 11.4. The van der Waals surface area contributed by atoms with Gasteiger partial charge >= 0.3 is 0 Å². The maximum Gasteiger partial charge on any atom is 0.211 e. The molecule has 0 unspecified atom stereocenters. The van der Waals surface area contributed by atoms with Gasteiger partial charge in [-0.25, -0.2) is 13.0 Å². The van der Waals surface area contributed by atoms with Crippen molar-refractivity contribution in [3.8, 4) is 11.5 Å². The van der Waals surface area contributed by atoms with E-state index in [0.717, 1.165) is 24.1 Å². The predicted molar refractivity (Wildman–Crippen MR) is 165 cm³/mol. The van der Waals surface area contributed by atoms with Gasteiger partial charge < -0.3 is 33.5 Å². The summed E-state index contributed by atoms with van der Waals surface area (Å²) in [7, 11) is -1.77. The van der Waals surface area contributed by atoms with Crippen LogP contribution in [0.15, 0.2) is 42.7 Å². The van der Waals surface area contributed by atoms with E-state index in [2.05, 4.69) is 18.4 Å². The maximum absolute atomic E-state index is 12.5. The average Bonchev–Trinajstić information content (AvgIpc) is 2.95. The quantitative estimate of drug-likeness (QED) is 0.0947. The summed E-state index contributed by atoms with van der Waals surface area (Å²) < 4.78 is 40.2. The van der Waals surface area contributed by atoms with Crippen LogP contribution in [-0.4, -0.2) is 32.7 Å². The van der Waals surface area contributed by atoms with E-state index in [9.17, 15) is 8.42 Å². The molecule has 0 amide bonds. The third-order valence-corrected chi connectivity index (χ3v) is 8.69. The van der Waals surface area contributed by atoms with Crippen molar-refractivity contribution >= 4 is 10.0 Å². The number of sulfonamides is 1. The van der Waals surface area contributed by atoms with E-state index in [4.69, 9.17) is 9.47 Å². The standard InChI is InChI=1S/C33H55N2O4S.HI/c1-5-7-8-9-10-11-12-13-14-15-16-17-18-19-26-39-32-21-20-31(27-33(32)38-3)29-35(40(4,36)37)28-30-22-24-34(6-2)25-23-30;/h20-25,27H,5-19,26,28-29H2,1-4H3;1H/q+1;/p-1. The highest BCUT2D eigenvalue weighted by molar-refractivity contribution is 7.88. The lowest BCUT2D eigenvalue weighted by atomic mass is 10.0. The number of halogens is 1. The molecule has 0 spiro atoms. The van der Waals surface area contributed by atoms with Gasteiger partial charge in [0.15, 0.2) is 23.9 Å². The molecule has 1 heterocycles. The summed E-state index contributed by atoms with van der Waals surface area (Å²) in [6.45, 7) is 6.49. The number of methoxy groups -OCH3 is 1. The van der Waals surface area contributed by atoms with Crippen LogP contribution in [-0.2, 0) is 29.7 Å². The van der Waals surface area contributed by atoms with Crippen LogP contribution >= 0.6 is 0 Å². The molecule has 0 bridgehead atoms. The van der Waals surface area contributed by atoms with E-state index in [-0.39, 0.29) is 30.5 Å². The molecule has 0 aliphatic heterocycles. The second kappa shape index (κ2) is 22.2. The summed E-state index contributed by atoms with van der Waals surface area (Å²) in [5.41, 5.74) is 1.82. The first-order valence-corrected chi connectivity index (χ1v) is 17.4. The second-order valence-electron chi connectivity index (χ2n) is 11.0. The molecule has 8 heteroatoms. The highest BCUT2D eigenvalue weighted by Crippen LogP contribution is 2.29. The molecule has 1 aromatic carbocycles. The van der Waals surface area contributed by atoms with Gasteiger partial charge in [-0.1, -0.05) is 96.5 Å². The number of benzene rings is 1. The number of aromatic nitrogens is 1. The van der Waals surface area contributed by atoms with Gasteiger partial charge in [0, 0.05) is 25.2 Å². The number of aryl methyl sites for hydroxylation is 1. The number of nitrogens with zero attached hydrogens (tertiary/aromatic N) is 2. The molecule has 0 saturated heterocycles. The summed E-state index contributed by atoms with van der Waals surface area (Å²) in [5, 5.41) is 0. The van der Waals surface area contributed by atoms with Crippen molar-refractivity contribution < 1.29 is 46.4 Å². The topological polar surface area (TPSA) is 59.7 Å². The SMILES string of the molecule is CCCCCCCCCCCCCCCCOc1ccc(CN(Cc2cc[n+](CC)cc2)S(C)(=O)=O)cc1OC.[I-]. The summed E-state index contributed by atoms with van der Waals surface area (Å²) in [6, 6.07) is 9.64. The first-order chi connectivity index (χ1) is 19.4. The zero-order chi connectivity index (χ0) is 29.1. The lowest BCUT2D eigenvalue weighted by Crippen LogP contribution is -3.00. The van der Waals surface area contributed by atoms with Crippen LogP contribution in [0.25, 0.3) is 0 Å². The monoisotopic (exact) mass is 702 g/mol. The molecule has 0 atom stereocenters. The Labute approximate surface area is 268 Å². The zero-order valence-electron chi connectivity index (χ0n) is 26.1. The summed E-state index contributed by atoms with van der Waals surface area (Å²) in [6.07, 6.45) is 23.9. The molecule has 0 aliphatic carbocycles. The lowest BCUT2D eigenvalue weighted by Gasteiger charge is -2.21. The minimum atomic E-state index is -3.39. The summed E-state index contributed by atoms with van der Waals surface area (Å²) in [4.78, 5) is 0. The number of ether oxygens (including phenoxy) is 2. The summed E-state index contributed by atoms with van der Waals surface area (Å²) >= 11 is 0. The van der Waals surface area contributed by atoms with E-state index in [1.165, 1.54) is 94.0 Å². The molecule has 2 aromatic rings. The van der Waals surface area contributed by atoms with Crippen LogP contribution in [0.2, 0.25) is 0 Å². The van der Waals surface area contributed by atoms with Crippen LogP contribution in [0, 0.1) is 0 Å². The van der Waals surface area contributed by atoms with Crippen LogP contribution < -0.4 is 38.0 Å². The van der Waals surface area contributed by atoms with Gasteiger partial charge in [0.25, 0.3) is 0 Å². The zero-order valence-corrected chi connectivity index (χ0v) is 29.1. The van der Waals surface area contributed by atoms with Gasteiger partial charge in [0.2, 0.25) is 10.0 Å². The molecule has 0 N–H and O–H groups in total. The Morgan fingerprint density at radius 3 is 1.71 bits per heavy atom. The minimum Gasteiger partial charge on any atom is -1.00 e. The molecule has 6 nitrogen and oxygen atoms in total. The molecule has 2 rings (SSSR count). The first-order valence-electron chi connectivity index (χ1n) is 15.6. The van der Waals surface area contributed by atoms with Crippen LogP contribution in [0.5, 0.6) is 11.5 Å². The van der Waals surface area contributed by atoms with Gasteiger partial charge in [-0.05, 0) is 36.6 Å². The highest BCUT2D eigenvalue weighted by Gasteiger charge is 2.19. The maximum atomic E-state index is 12.5. The van der Waals surface area contributed by atoms with Gasteiger partial charge in [0.05, 0.1) is 20.0 Å². The average molecular weight is 703 g/mol. The first kappa shape index (κ1) is 37.6. The fourth-order valence-corrected chi connectivity index (χ4v) is 5.68. The van der Waals surface area contributed by atoms with Crippen molar-refractivity contribution in [2.75, 3.05) is 20.0 Å². The van der Waals surface area contributed by atoms with E-state index < -0.39 is 10.0 Å². The Hall–Kier alpha value is -1.39. The second-order valence-corrected chi connectivity index (χ2v) is 13.0. The number of hydrogen-bond acceptors (Lipinski definition) is 4. The molecule has 0 aliphatic rings. The van der Waals surface area contributed by atoms with Crippen LogP contribution in [0.1, 0.15) is 115 Å². The number of rotatable bonds is 23. The van der Waals surface area contributed by atoms with Crippen molar-refractivity contribution in [2.45, 2.75) is 123 Å². The molecule has 234 valence electrons. The van der Waals surface area contributed by atoms with Crippen molar-refractivity contribution in [2.24, 2.45) is 0 Å². The van der Waals surface area contributed by atoms with Gasteiger partial charge in [-0.3, -0.25) is 0 Å².